The van der Waals surface area contributed by atoms with Gasteiger partial charge in [0, 0.05) is 6.07 Å². The minimum Gasteiger partial charge on any atom is -0.493 e. The van der Waals surface area contributed by atoms with Crippen molar-refractivity contribution < 1.29 is 13.9 Å². The van der Waals surface area contributed by atoms with Crippen molar-refractivity contribution in [3.63, 3.8) is 0 Å². The number of nitrogens with two attached hydrogens (primary N) is 1. The number of hydrogen-bond donors (Lipinski definition) is 1. The van der Waals surface area contributed by atoms with E-state index < -0.39 is 5.82 Å². The molecule has 3 nitrogen and oxygen atoms in total. The summed E-state index contributed by atoms with van der Waals surface area (Å²) in [5.41, 5.74) is 6.66. The van der Waals surface area contributed by atoms with Gasteiger partial charge in [0.2, 0.25) is 0 Å². The molecule has 0 amide bonds. The van der Waals surface area contributed by atoms with Crippen LogP contribution in [0.3, 0.4) is 0 Å². The molecule has 0 saturated heterocycles. The van der Waals surface area contributed by atoms with E-state index in [-0.39, 0.29) is 5.69 Å². The van der Waals surface area contributed by atoms with E-state index in [9.17, 15) is 4.39 Å². The fourth-order valence-electron chi connectivity index (χ4n) is 1.71. The average Bonchev–Trinajstić information content (AvgIpc) is 2.43. The molecule has 2 N–H and O–H groups in total. The Balaban J connectivity index is 2.29. The third kappa shape index (κ3) is 2.96. The third-order valence-corrected chi connectivity index (χ3v) is 2.84. The molecular weight excluding hydrogens is 245 g/mol. The Hall–Kier alpha value is -2.23. The van der Waals surface area contributed by atoms with Gasteiger partial charge in [0.25, 0.3) is 0 Å². The van der Waals surface area contributed by atoms with Crippen LogP contribution in [0.5, 0.6) is 17.2 Å². The maximum atomic E-state index is 13.3. The fourth-order valence-corrected chi connectivity index (χ4v) is 1.71. The first-order valence-electron chi connectivity index (χ1n) is 6.04. The maximum absolute atomic E-state index is 13.3. The van der Waals surface area contributed by atoms with Crippen molar-refractivity contribution in [2.45, 2.75) is 13.3 Å². The lowest BCUT2D eigenvalue weighted by molar-refractivity contribution is 0.377. The van der Waals surface area contributed by atoms with Crippen LogP contribution in [0.25, 0.3) is 0 Å². The molecule has 0 spiro atoms. The number of aryl methyl sites for hydroxylation is 1. The predicted octanol–water partition coefficient (Wildman–Crippen LogP) is 3.77. The van der Waals surface area contributed by atoms with E-state index in [4.69, 9.17) is 15.2 Å². The molecule has 19 heavy (non-hydrogen) atoms. The van der Waals surface area contributed by atoms with Crippen molar-refractivity contribution in [2.75, 3.05) is 12.8 Å². The van der Waals surface area contributed by atoms with Crippen LogP contribution in [0.15, 0.2) is 36.4 Å². The number of rotatable bonds is 4. The lowest BCUT2D eigenvalue weighted by Crippen LogP contribution is -1.94. The Morgan fingerprint density at radius 2 is 1.89 bits per heavy atom. The summed E-state index contributed by atoms with van der Waals surface area (Å²) in [6.07, 6.45) is 0.910. The molecule has 0 aliphatic heterocycles. The Labute approximate surface area is 111 Å². The van der Waals surface area contributed by atoms with Gasteiger partial charge in [0.05, 0.1) is 12.8 Å². The summed E-state index contributed by atoms with van der Waals surface area (Å²) in [6.45, 7) is 2.06. The number of nitrogen functional groups attached to an aromatic ring is 1. The maximum Gasteiger partial charge on any atom is 0.169 e. The van der Waals surface area contributed by atoms with E-state index in [1.807, 2.05) is 18.2 Å². The van der Waals surface area contributed by atoms with Gasteiger partial charge in [-0.05, 0) is 36.2 Å². The monoisotopic (exact) mass is 261 g/mol. The number of halogens is 1. The predicted molar refractivity (Wildman–Crippen MR) is 73.3 cm³/mol. The second-order valence-corrected chi connectivity index (χ2v) is 4.12. The van der Waals surface area contributed by atoms with Crippen LogP contribution in [-0.4, -0.2) is 7.11 Å². The molecule has 100 valence electrons. The largest absolute Gasteiger partial charge is 0.493 e. The molecule has 0 saturated carbocycles. The molecule has 0 aromatic heterocycles. The van der Waals surface area contributed by atoms with E-state index in [1.54, 1.807) is 13.2 Å². The Morgan fingerprint density at radius 1 is 1.11 bits per heavy atom. The Morgan fingerprint density at radius 3 is 2.53 bits per heavy atom. The highest BCUT2D eigenvalue weighted by atomic mass is 19.1. The van der Waals surface area contributed by atoms with Crippen molar-refractivity contribution in [3.05, 3.63) is 47.8 Å². The van der Waals surface area contributed by atoms with Gasteiger partial charge in [-0.15, -0.1) is 0 Å². The highest BCUT2D eigenvalue weighted by Crippen LogP contribution is 2.33. The van der Waals surface area contributed by atoms with Gasteiger partial charge >= 0.3 is 0 Å². The highest BCUT2D eigenvalue weighted by Gasteiger charge is 2.08. The van der Waals surface area contributed by atoms with Gasteiger partial charge in [0.1, 0.15) is 11.6 Å². The smallest absolute Gasteiger partial charge is 0.169 e. The summed E-state index contributed by atoms with van der Waals surface area (Å²) in [7, 11) is 1.57. The first kappa shape index (κ1) is 13.2. The first-order valence-corrected chi connectivity index (χ1v) is 6.04. The number of methoxy groups -OCH3 is 1. The first-order chi connectivity index (χ1) is 9.13. The van der Waals surface area contributed by atoms with Crippen molar-refractivity contribution in [2.24, 2.45) is 0 Å². The molecule has 0 atom stereocenters. The van der Waals surface area contributed by atoms with Crippen LogP contribution >= 0.6 is 0 Å². The fraction of sp³-hybridized carbons (Fsp3) is 0.200. The van der Waals surface area contributed by atoms with Crippen molar-refractivity contribution in [1.82, 2.24) is 0 Å². The molecule has 2 aromatic carbocycles. The van der Waals surface area contributed by atoms with Crippen molar-refractivity contribution in [3.8, 4) is 17.2 Å². The molecule has 0 unspecified atom stereocenters. The molecular formula is C15H16FNO2. The van der Waals surface area contributed by atoms with E-state index in [0.717, 1.165) is 12.0 Å². The second kappa shape index (κ2) is 5.61. The minimum absolute atomic E-state index is 0.0978. The van der Waals surface area contributed by atoms with Gasteiger partial charge in [-0.3, -0.25) is 0 Å². The van der Waals surface area contributed by atoms with Crippen LogP contribution in [0.1, 0.15) is 12.5 Å². The molecule has 0 fully saturated rings. The Kier molecular flexibility index (Phi) is 3.90. The number of ether oxygens (including phenoxy) is 2. The zero-order valence-electron chi connectivity index (χ0n) is 10.9. The average molecular weight is 261 g/mol. The summed E-state index contributed by atoms with van der Waals surface area (Å²) in [5, 5.41) is 0. The highest BCUT2D eigenvalue weighted by molar-refractivity contribution is 5.48. The molecule has 2 aromatic rings. The molecule has 0 bridgehead atoms. The molecule has 0 radical (unpaired) electrons. The standard InChI is InChI=1S/C15H16FNO2/c1-3-10-4-7-14(15(8-10)18-2)19-11-5-6-13(17)12(16)9-11/h4-9H,3,17H2,1-2H3. The summed E-state index contributed by atoms with van der Waals surface area (Å²) in [5.74, 6) is 1.05. The van der Waals surface area contributed by atoms with Crippen LogP contribution in [0.4, 0.5) is 10.1 Å². The Bertz CT molecular complexity index is 584. The second-order valence-electron chi connectivity index (χ2n) is 4.12. The van der Waals surface area contributed by atoms with E-state index in [1.165, 1.54) is 12.1 Å². The topological polar surface area (TPSA) is 44.5 Å². The molecule has 0 aliphatic carbocycles. The van der Waals surface area contributed by atoms with Crippen molar-refractivity contribution in [1.29, 1.82) is 0 Å². The summed E-state index contributed by atoms with van der Waals surface area (Å²) >= 11 is 0. The van der Waals surface area contributed by atoms with Crippen LogP contribution in [0.2, 0.25) is 0 Å². The van der Waals surface area contributed by atoms with Crippen LogP contribution < -0.4 is 15.2 Å². The van der Waals surface area contributed by atoms with Crippen LogP contribution in [0, 0.1) is 5.82 Å². The number of hydrogen-bond acceptors (Lipinski definition) is 3. The summed E-state index contributed by atoms with van der Waals surface area (Å²) in [6, 6.07) is 10.0. The normalized spacial score (nSPS) is 10.3. The SMILES string of the molecule is CCc1ccc(Oc2ccc(N)c(F)c2)c(OC)c1. The van der Waals surface area contributed by atoms with E-state index in [0.29, 0.717) is 17.2 Å². The zero-order chi connectivity index (χ0) is 13.8. The zero-order valence-corrected chi connectivity index (χ0v) is 10.9. The molecule has 0 heterocycles. The van der Waals surface area contributed by atoms with Gasteiger partial charge in [-0.2, -0.15) is 0 Å². The summed E-state index contributed by atoms with van der Waals surface area (Å²) in [4.78, 5) is 0. The van der Waals surface area contributed by atoms with Gasteiger partial charge in [-0.25, -0.2) is 4.39 Å². The van der Waals surface area contributed by atoms with Gasteiger partial charge in [0.15, 0.2) is 11.5 Å². The number of benzene rings is 2. The summed E-state index contributed by atoms with van der Waals surface area (Å²) < 4.78 is 24.2. The van der Waals surface area contributed by atoms with E-state index >= 15 is 0 Å². The minimum atomic E-state index is -0.498. The lowest BCUT2D eigenvalue weighted by Gasteiger charge is -2.12. The molecule has 0 aliphatic rings. The van der Waals surface area contributed by atoms with Crippen molar-refractivity contribution >= 4 is 5.69 Å². The molecule has 2 rings (SSSR count). The van der Waals surface area contributed by atoms with Gasteiger partial charge in [-0.1, -0.05) is 13.0 Å². The van der Waals surface area contributed by atoms with Crippen LogP contribution in [-0.2, 0) is 6.42 Å². The van der Waals surface area contributed by atoms with E-state index in [2.05, 4.69) is 6.92 Å². The lowest BCUT2D eigenvalue weighted by atomic mass is 10.1. The van der Waals surface area contributed by atoms with Gasteiger partial charge < -0.3 is 15.2 Å². The number of anilines is 1. The molecule has 4 heteroatoms. The quantitative estimate of drug-likeness (QED) is 0.852. The third-order valence-electron chi connectivity index (χ3n) is 2.84.